The number of rotatable bonds is 5. The number of hydrogen-bond donors (Lipinski definition) is 2. The van der Waals surface area contributed by atoms with Crippen molar-refractivity contribution in [3.63, 3.8) is 0 Å². The number of likely N-dealkylation sites (tertiary alicyclic amines) is 1. The molecule has 0 radical (unpaired) electrons. The Morgan fingerprint density at radius 1 is 1.42 bits per heavy atom. The Kier molecular flexibility index (Phi) is 4.87. The lowest BCUT2D eigenvalue weighted by Crippen LogP contribution is -2.46. The molecule has 0 aromatic carbocycles. The van der Waals surface area contributed by atoms with Crippen LogP contribution in [0.25, 0.3) is 0 Å². The van der Waals surface area contributed by atoms with E-state index in [1.54, 1.807) is 0 Å². The van der Waals surface area contributed by atoms with Crippen LogP contribution < -0.4 is 5.32 Å². The Morgan fingerprint density at radius 2 is 2.11 bits per heavy atom. The summed E-state index contributed by atoms with van der Waals surface area (Å²) in [6, 6.07) is -0.489. The summed E-state index contributed by atoms with van der Waals surface area (Å²) >= 11 is 0. The number of aliphatic hydroxyl groups is 1. The fourth-order valence-corrected chi connectivity index (χ4v) is 2.34. The van der Waals surface area contributed by atoms with Gasteiger partial charge in [-0.2, -0.15) is 0 Å². The van der Waals surface area contributed by atoms with Crippen LogP contribution in [0.5, 0.6) is 0 Å². The van der Waals surface area contributed by atoms with Crippen LogP contribution in [-0.4, -0.2) is 85.3 Å². The van der Waals surface area contributed by atoms with Gasteiger partial charge >= 0.3 is 0 Å². The number of carbonyl (C=O) groups excluding carboxylic acids is 2. The molecule has 7 heteroatoms. The third-order valence-electron chi connectivity index (χ3n) is 3.55. The fraction of sp³-hybridized carbons (Fsp3) is 0.833. The number of imide groups is 1. The van der Waals surface area contributed by atoms with Crippen LogP contribution in [0.4, 0.5) is 0 Å². The molecule has 0 aromatic heterocycles. The van der Waals surface area contributed by atoms with E-state index in [-0.39, 0.29) is 18.2 Å². The molecule has 0 aliphatic carbocycles. The number of likely N-dealkylation sites (N-methyl/N-ethyl adjacent to an activating group) is 1. The quantitative estimate of drug-likeness (QED) is 0.564. The van der Waals surface area contributed by atoms with Crippen molar-refractivity contribution >= 4 is 11.8 Å². The van der Waals surface area contributed by atoms with Gasteiger partial charge in [0.2, 0.25) is 11.8 Å². The Bertz CT molecular complexity index is 344. The smallest absolute Gasteiger partial charge is 0.246 e. The first kappa shape index (κ1) is 14.4. The molecular weight excluding hydrogens is 250 g/mol. The normalized spacial score (nSPS) is 27.1. The lowest BCUT2D eigenvalue weighted by atomic mass is 10.2. The maximum atomic E-state index is 11.7. The fourth-order valence-electron chi connectivity index (χ4n) is 2.34. The predicted octanol–water partition coefficient (Wildman–Crippen LogP) is -1.97. The second kappa shape index (κ2) is 6.42. The van der Waals surface area contributed by atoms with Crippen molar-refractivity contribution in [1.82, 2.24) is 15.1 Å². The summed E-state index contributed by atoms with van der Waals surface area (Å²) in [6.07, 6.45) is -0.369. The average Bonchev–Trinajstić information content (AvgIpc) is 2.65. The zero-order valence-electron chi connectivity index (χ0n) is 11.2. The number of hydrogen-bond acceptors (Lipinski definition) is 6. The lowest BCUT2D eigenvalue weighted by molar-refractivity contribution is -0.137. The highest BCUT2D eigenvalue weighted by Gasteiger charge is 2.35. The minimum atomic E-state index is -0.549. The molecule has 2 atom stereocenters. The topological polar surface area (TPSA) is 82.1 Å². The Hall–Kier alpha value is -1.02. The highest BCUT2D eigenvalue weighted by Crippen LogP contribution is 2.10. The van der Waals surface area contributed by atoms with Crippen molar-refractivity contribution in [2.24, 2.45) is 0 Å². The van der Waals surface area contributed by atoms with Gasteiger partial charge in [0.15, 0.2) is 0 Å². The second-order valence-corrected chi connectivity index (χ2v) is 5.02. The summed E-state index contributed by atoms with van der Waals surface area (Å²) in [5.74, 6) is -0.395. The van der Waals surface area contributed by atoms with Gasteiger partial charge in [-0.1, -0.05) is 0 Å². The van der Waals surface area contributed by atoms with Crippen molar-refractivity contribution in [2.75, 3.05) is 46.4 Å². The van der Waals surface area contributed by atoms with Crippen LogP contribution in [0, 0.1) is 0 Å². The molecule has 2 rings (SSSR count). The van der Waals surface area contributed by atoms with Gasteiger partial charge in [-0.25, -0.2) is 0 Å². The molecule has 2 amide bonds. The van der Waals surface area contributed by atoms with Crippen molar-refractivity contribution in [1.29, 1.82) is 0 Å². The number of aliphatic hydroxyl groups excluding tert-OH is 1. The van der Waals surface area contributed by atoms with Crippen LogP contribution in [0.1, 0.15) is 6.42 Å². The molecule has 7 nitrogen and oxygen atoms in total. The van der Waals surface area contributed by atoms with Gasteiger partial charge in [-0.3, -0.25) is 19.4 Å². The van der Waals surface area contributed by atoms with Crippen LogP contribution in [0.15, 0.2) is 0 Å². The van der Waals surface area contributed by atoms with Gasteiger partial charge in [0, 0.05) is 33.2 Å². The van der Waals surface area contributed by atoms with Crippen molar-refractivity contribution in [3.05, 3.63) is 0 Å². The van der Waals surface area contributed by atoms with Crippen LogP contribution >= 0.6 is 0 Å². The monoisotopic (exact) mass is 271 g/mol. The second-order valence-electron chi connectivity index (χ2n) is 5.02. The van der Waals surface area contributed by atoms with Gasteiger partial charge in [0.05, 0.1) is 31.8 Å². The Balaban J connectivity index is 1.70. The highest BCUT2D eigenvalue weighted by atomic mass is 16.5. The average molecular weight is 271 g/mol. The van der Waals surface area contributed by atoms with Gasteiger partial charge in [-0.15, -0.1) is 0 Å². The Labute approximate surface area is 112 Å². The summed E-state index contributed by atoms with van der Waals surface area (Å²) in [5, 5.41) is 12.9. The number of carbonyl (C=O) groups is 2. The van der Waals surface area contributed by atoms with E-state index in [0.717, 1.165) is 18.0 Å². The molecular formula is C12H21N3O4. The maximum absolute atomic E-state index is 11.7. The number of nitrogens with one attached hydrogen (secondary N) is 1. The van der Waals surface area contributed by atoms with E-state index in [0.29, 0.717) is 26.3 Å². The first-order valence-corrected chi connectivity index (χ1v) is 6.60. The van der Waals surface area contributed by atoms with E-state index in [1.165, 1.54) is 7.05 Å². The number of amides is 2. The summed E-state index contributed by atoms with van der Waals surface area (Å²) in [4.78, 5) is 26.2. The van der Waals surface area contributed by atoms with Gasteiger partial charge in [-0.05, 0) is 0 Å². The van der Waals surface area contributed by atoms with Crippen LogP contribution in [0.2, 0.25) is 0 Å². The highest BCUT2D eigenvalue weighted by molar-refractivity contribution is 6.05. The number of ether oxygens (including phenoxy) is 1. The van der Waals surface area contributed by atoms with Gasteiger partial charge in [0.1, 0.15) is 0 Å². The summed E-state index contributed by atoms with van der Waals surface area (Å²) in [5.41, 5.74) is 0. The van der Waals surface area contributed by atoms with Gasteiger partial charge < -0.3 is 15.2 Å². The molecule has 2 aliphatic heterocycles. The van der Waals surface area contributed by atoms with Gasteiger partial charge in [0.25, 0.3) is 0 Å². The molecule has 19 heavy (non-hydrogen) atoms. The zero-order chi connectivity index (χ0) is 13.8. The largest absolute Gasteiger partial charge is 0.390 e. The third-order valence-corrected chi connectivity index (χ3v) is 3.55. The minimum Gasteiger partial charge on any atom is -0.390 e. The SMILES string of the molecule is CN1C(=O)CC(NCC(O)CN2CCOCC2)C1=O. The number of nitrogens with zero attached hydrogens (tertiary/aromatic N) is 2. The van der Waals surface area contributed by atoms with E-state index >= 15 is 0 Å². The molecule has 2 N–H and O–H groups in total. The third kappa shape index (κ3) is 3.73. The molecule has 2 fully saturated rings. The van der Waals surface area contributed by atoms with E-state index in [9.17, 15) is 14.7 Å². The van der Waals surface area contributed by atoms with E-state index in [1.807, 2.05) is 0 Å². The maximum Gasteiger partial charge on any atom is 0.246 e. The Morgan fingerprint density at radius 3 is 2.68 bits per heavy atom. The van der Waals surface area contributed by atoms with Crippen molar-refractivity contribution < 1.29 is 19.4 Å². The molecule has 0 bridgehead atoms. The molecule has 0 spiro atoms. The van der Waals surface area contributed by atoms with Crippen LogP contribution in [0.3, 0.4) is 0 Å². The molecule has 108 valence electrons. The minimum absolute atomic E-state index is 0.176. The summed E-state index contributed by atoms with van der Waals surface area (Å²) in [6.45, 7) is 3.90. The molecule has 0 saturated carbocycles. The van der Waals surface area contributed by atoms with E-state index in [2.05, 4.69) is 10.2 Å². The number of morpholine rings is 1. The number of β-amino-alcohol motifs (C(OH)–C–C–N with tert-alkyl or cyclic N) is 1. The first-order chi connectivity index (χ1) is 9.08. The predicted molar refractivity (Wildman–Crippen MR) is 67.5 cm³/mol. The molecule has 2 heterocycles. The summed E-state index contributed by atoms with van der Waals surface area (Å²) < 4.78 is 5.23. The standard InChI is InChI=1S/C12H21N3O4/c1-14-11(17)6-10(12(14)18)13-7-9(16)8-15-2-4-19-5-3-15/h9-10,13,16H,2-8H2,1H3. The van der Waals surface area contributed by atoms with Crippen molar-refractivity contribution in [3.8, 4) is 0 Å². The molecule has 2 unspecified atom stereocenters. The first-order valence-electron chi connectivity index (χ1n) is 6.60. The van der Waals surface area contributed by atoms with Crippen molar-refractivity contribution in [2.45, 2.75) is 18.6 Å². The molecule has 2 aliphatic rings. The van der Waals surface area contributed by atoms with E-state index in [4.69, 9.17) is 4.74 Å². The molecule has 2 saturated heterocycles. The lowest BCUT2D eigenvalue weighted by Gasteiger charge is -2.28. The summed E-state index contributed by atoms with van der Waals surface area (Å²) in [7, 11) is 1.48. The zero-order valence-corrected chi connectivity index (χ0v) is 11.2. The van der Waals surface area contributed by atoms with E-state index < -0.39 is 12.1 Å². The molecule has 0 aromatic rings. The van der Waals surface area contributed by atoms with Crippen LogP contribution in [-0.2, 0) is 14.3 Å².